The van der Waals surface area contributed by atoms with Gasteiger partial charge in [0.1, 0.15) is 0 Å². The van der Waals surface area contributed by atoms with Crippen LogP contribution < -0.4 is 0 Å². The molecule has 66 valence electrons. The molecular formula is C11H22. The van der Waals surface area contributed by atoms with Crippen molar-refractivity contribution in [2.24, 2.45) is 5.41 Å². The third-order valence-electron chi connectivity index (χ3n) is 0.655. The number of hydrogen-bond donors (Lipinski definition) is 0. The summed E-state index contributed by atoms with van der Waals surface area (Å²) < 4.78 is 0. The number of allylic oxidation sites excluding steroid dienone is 4. The van der Waals surface area contributed by atoms with Gasteiger partial charge in [0.15, 0.2) is 0 Å². The van der Waals surface area contributed by atoms with Gasteiger partial charge in [0.05, 0.1) is 0 Å². The quantitative estimate of drug-likeness (QED) is 0.490. The van der Waals surface area contributed by atoms with E-state index in [1.807, 2.05) is 0 Å². The summed E-state index contributed by atoms with van der Waals surface area (Å²) in [7, 11) is 0. The minimum atomic E-state index is 0. The van der Waals surface area contributed by atoms with E-state index in [1.165, 1.54) is 0 Å². The van der Waals surface area contributed by atoms with Crippen molar-refractivity contribution in [3.63, 3.8) is 0 Å². The minimum absolute atomic E-state index is 0. The second-order valence-electron chi connectivity index (χ2n) is 4.09. The molecule has 0 radical (unpaired) electrons. The minimum Gasteiger partial charge on any atom is -0.0808 e. The molecule has 0 aliphatic heterocycles. The van der Waals surface area contributed by atoms with Crippen molar-refractivity contribution in [1.29, 1.82) is 0 Å². The van der Waals surface area contributed by atoms with Gasteiger partial charge in [0, 0.05) is 0 Å². The topological polar surface area (TPSA) is 0 Å². The molecule has 0 heteroatoms. The van der Waals surface area contributed by atoms with Crippen LogP contribution in [0.15, 0.2) is 24.3 Å². The second-order valence-corrected chi connectivity index (χ2v) is 4.09. The van der Waals surface area contributed by atoms with Crippen molar-refractivity contribution in [1.82, 2.24) is 0 Å². The van der Waals surface area contributed by atoms with Gasteiger partial charge in [-0.1, -0.05) is 59.4 Å². The Morgan fingerprint density at radius 1 is 0.909 bits per heavy atom. The second kappa shape index (κ2) is 6.21. The van der Waals surface area contributed by atoms with E-state index in [1.54, 1.807) is 0 Å². The molecule has 0 saturated carbocycles. The summed E-state index contributed by atoms with van der Waals surface area (Å²) in [5.74, 6) is 0. The lowest BCUT2D eigenvalue weighted by Gasteiger charge is -2.05. The number of rotatable bonds is 0. The summed E-state index contributed by atoms with van der Waals surface area (Å²) in [6.07, 6.45) is 9.50. The van der Waals surface area contributed by atoms with Gasteiger partial charge in [-0.25, -0.2) is 0 Å². The van der Waals surface area contributed by atoms with Gasteiger partial charge in [0.25, 0.3) is 0 Å². The lowest BCUT2D eigenvalue weighted by atomic mass is 10.0. The molecule has 0 aromatic carbocycles. The molecule has 0 unspecified atom stereocenters. The fraction of sp³-hybridized carbons (Fsp3) is 0.636. The first kappa shape index (κ1) is 13.1. The van der Waals surface area contributed by atoms with Crippen LogP contribution in [-0.4, -0.2) is 0 Å². The van der Waals surface area contributed by atoms with Gasteiger partial charge in [-0.3, -0.25) is 0 Å². The molecule has 0 amide bonds. The van der Waals surface area contributed by atoms with Crippen LogP contribution in [-0.2, 0) is 0 Å². The summed E-state index contributed by atoms with van der Waals surface area (Å²) in [6, 6.07) is 0. The highest BCUT2D eigenvalue weighted by Crippen LogP contribution is 2.08. The van der Waals surface area contributed by atoms with E-state index < -0.39 is 0 Å². The van der Waals surface area contributed by atoms with Crippen LogP contribution in [0.25, 0.3) is 0 Å². The van der Waals surface area contributed by atoms with Gasteiger partial charge < -0.3 is 0 Å². The van der Waals surface area contributed by atoms with Crippen molar-refractivity contribution < 1.29 is 0 Å². The first-order valence-electron chi connectivity index (χ1n) is 3.82. The van der Waals surface area contributed by atoms with Crippen LogP contribution in [0.5, 0.6) is 0 Å². The van der Waals surface area contributed by atoms with E-state index in [-0.39, 0.29) is 7.43 Å². The molecule has 1 aliphatic carbocycles. The maximum absolute atomic E-state index is 2.19. The molecule has 0 saturated heterocycles. The predicted octanol–water partition coefficient (Wildman–Crippen LogP) is 4.19. The summed E-state index contributed by atoms with van der Waals surface area (Å²) in [6.45, 7) is 8.75. The third kappa shape index (κ3) is 26.4. The fourth-order valence-corrected chi connectivity index (χ4v) is 0.393. The van der Waals surface area contributed by atoms with Crippen molar-refractivity contribution in [3.05, 3.63) is 24.3 Å². The van der Waals surface area contributed by atoms with Gasteiger partial charge in [-0.15, -0.1) is 0 Å². The first-order chi connectivity index (χ1) is 4.50. The molecule has 11 heavy (non-hydrogen) atoms. The summed E-state index contributed by atoms with van der Waals surface area (Å²) >= 11 is 0. The first-order valence-corrected chi connectivity index (χ1v) is 3.82. The molecule has 0 heterocycles. The molecule has 0 bridgehead atoms. The Balaban J connectivity index is 0. The Kier molecular flexibility index (Phi) is 7.39. The molecule has 0 fully saturated rings. The van der Waals surface area contributed by atoms with Crippen molar-refractivity contribution in [3.8, 4) is 0 Å². The lowest BCUT2D eigenvalue weighted by molar-refractivity contribution is 0.469. The molecule has 1 aliphatic rings. The van der Waals surface area contributed by atoms with Gasteiger partial charge in [0.2, 0.25) is 0 Å². The van der Waals surface area contributed by atoms with E-state index in [4.69, 9.17) is 0 Å². The van der Waals surface area contributed by atoms with Crippen LogP contribution in [0.2, 0.25) is 0 Å². The predicted molar refractivity (Wildman–Crippen MR) is 54.8 cm³/mol. The van der Waals surface area contributed by atoms with Crippen LogP contribution in [0.1, 0.15) is 41.5 Å². The SMILES string of the molecule is C.C1=CCC=C1.CC(C)(C)C. The largest absolute Gasteiger partial charge is 0.0808 e. The van der Waals surface area contributed by atoms with E-state index in [9.17, 15) is 0 Å². The van der Waals surface area contributed by atoms with Crippen LogP contribution in [0, 0.1) is 5.41 Å². The van der Waals surface area contributed by atoms with Crippen LogP contribution >= 0.6 is 0 Å². The molecule has 0 nitrogen and oxygen atoms in total. The Labute approximate surface area is 72.0 Å². The highest BCUT2D eigenvalue weighted by molar-refractivity contribution is 5.11. The zero-order valence-corrected chi connectivity index (χ0v) is 7.52. The lowest BCUT2D eigenvalue weighted by Crippen LogP contribution is -1.93. The molecule has 1 rings (SSSR count). The molecule has 0 spiro atoms. The van der Waals surface area contributed by atoms with E-state index in [2.05, 4.69) is 52.0 Å². The summed E-state index contributed by atoms with van der Waals surface area (Å²) in [4.78, 5) is 0. The molecule has 0 N–H and O–H groups in total. The van der Waals surface area contributed by atoms with Crippen LogP contribution in [0.4, 0.5) is 0 Å². The Hall–Kier alpha value is -0.520. The highest BCUT2D eigenvalue weighted by Gasteiger charge is 1.95. The maximum atomic E-state index is 2.19. The van der Waals surface area contributed by atoms with Crippen molar-refractivity contribution in [2.75, 3.05) is 0 Å². The third-order valence-corrected chi connectivity index (χ3v) is 0.655. The Morgan fingerprint density at radius 2 is 1.18 bits per heavy atom. The Morgan fingerprint density at radius 3 is 1.27 bits per heavy atom. The van der Waals surface area contributed by atoms with Gasteiger partial charge in [-0.05, 0) is 11.8 Å². The van der Waals surface area contributed by atoms with E-state index in [0.29, 0.717) is 5.41 Å². The summed E-state index contributed by atoms with van der Waals surface area (Å²) in [5, 5.41) is 0. The molecular weight excluding hydrogens is 132 g/mol. The monoisotopic (exact) mass is 154 g/mol. The highest BCUT2D eigenvalue weighted by atomic mass is 14.0. The molecule has 0 atom stereocenters. The van der Waals surface area contributed by atoms with E-state index in [0.717, 1.165) is 6.42 Å². The zero-order chi connectivity index (χ0) is 8.04. The standard InChI is InChI=1S/C5H6.C5H12.CH4/c1-2-4-5-3-1;1-5(2,3)4;/h1-4H,5H2;1-4H3;1H4. The fourth-order valence-electron chi connectivity index (χ4n) is 0.393. The average Bonchev–Trinajstić information content (AvgIpc) is 2.07. The number of hydrogen-bond acceptors (Lipinski definition) is 0. The van der Waals surface area contributed by atoms with Crippen molar-refractivity contribution in [2.45, 2.75) is 41.5 Å². The smallest absolute Gasteiger partial charge is 0.0163 e. The van der Waals surface area contributed by atoms with Gasteiger partial charge in [-0.2, -0.15) is 0 Å². The normalized spacial score (nSPS) is 13.5. The maximum Gasteiger partial charge on any atom is -0.0163 e. The van der Waals surface area contributed by atoms with Crippen molar-refractivity contribution >= 4 is 0 Å². The van der Waals surface area contributed by atoms with Gasteiger partial charge >= 0.3 is 0 Å². The van der Waals surface area contributed by atoms with Crippen LogP contribution in [0.3, 0.4) is 0 Å². The average molecular weight is 154 g/mol. The molecule has 0 aromatic heterocycles. The molecule has 0 aromatic rings. The zero-order valence-electron chi connectivity index (χ0n) is 7.52. The summed E-state index contributed by atoms with van der Waals surface area (Å²) in [5.41, 5.74) is 0.500. The Bertz CT molecular complexity index is 105. The van der Waals surface area contributed by atoms with E-state index >= 15 is 0 Å².